The third-order valence-corrected chi connectivity index (χ3v) is 0.341. The number of carboxylic acid groups (broad SMARTS) is 1. The van der Waals surface area contributed by atoms with E-state index < -0.39 is 12.1 Å². The van der Waals surface area contributed by atoms with Crippen LogP contribution in [-0.4, -0.2) is 17.2 Å². The SMILES string of the molecule is [13CH3][13C@@H](O)[13C](=O)[O-].[Na+]. The van der Waals surface area contributed by atoms with Gasteiger partial charge in [0.15, 0.2) is 0 Å². The fourth-order valence-electron chi connectivity index (χ4n) is 0. The summed E-state index contributed by atoms with van der Waals surface area (Å²) >= 11 is 0. The molecule has 0 heterocycles. The van der Waals surface area contributed by atoms with E-state index in [0.29, 0.717) is 0 Å². The number of carbonyl (C=O) groups is 1. The van der Waals surface area contributed by atoms with Crippen LogP contribution < -0.4 is 34.7 Å². The Bertz CT molecular complexity index is 61.2. The molecule has 36 valence electrons. The first-order chi connectivity index (χ1) is 2.64. The minimum atomic E-state index is -1.44. The van der Waals surface area contributed by atoms with Crippen LogP contribution in [0.3, 0.4) is 0 Å². The normalized spacial score (nSPS) is 11.7. The molecule has 0 rings (SSSR count). The van der Waals surface area contributed by atoms with Crippen molar-refractivity contribution in [2.75, 3.05) is 0 Å². The van der Waals surface area contributed by atoms with Crippen molar-refractivity contribution in [2.24, 2.45) is 0 Å². The van der Waals surface area contributed by atoms with Crippen LogP contribution in [0.1, 0.15) is 6.92 Å². The van der Waals surface area contributed by atoms with Crippen LogP contribution in [0.5, 0.6) is 0 Å². The Kier molecular flexibility index (Phi) is 6.82. The van der Waals surface area contributed by atoms with E-state index >= 15 is 0 Å². The predicted molar refractivity (Wildman–Crippen MR) is 16.7 cm³/mol. The van der Waals surface area contributed by atoms with Crippen molar-refractivity contribution in [2.45, 2.75) is 13.0 Å². The topological polar surface area (TPSA) is 60.4 Å². The van der Waals surface area contributed by atoms with Gasteiger partial charge in [0.2, 0.25) is 0 Å². The Hall–Kier alpha value is 0.430. The molecule has 0 saturated heterocycles. The minimum absolute atomic E-state index is 0. The third-order valence-electron chi connectivity index (χ3n) is 0.341. The van der Waals surface area contributed by atoms with Crippen molar-refractivity contribution in [3.8, 4) is 0 Å². The number of carbonyl (C=O) groups excluding carboxylic acids is 1. The maximum atomic E-state index is 9.34. The van der Waals surface area contributed by atoms with E-state index in [2.05, 4.69) is 0 Å². The molecule has 1 atom stereocenters. The van der Waals surface area contributed by atoms with Crippen molar-refractivity contribution in [3.63, 3.8) is 0 Å². The van der Waals surface area contributed by atoms with Crippen molar-refractivity contribution in [1.82, 2.24) is 0 Å². The molecule has 0 aliphatic rings. The molecule has 0 aromatic rings. The quantitative estimate of drug-likeness (QED) is 0.275. The van der Waals surface area contributed by atoms with Crippen LogP contribution in [0, 0.1) is 0 Å². The molecular formula is C3H5NaO3. The second kappa shape index (κ2) is 4.59. The number of aliphatic hydroxyl groups excluding tert-OH is 1. The van der Waals surface area contributed by atoms with E-state index in [-0.39, 0.29) is 29.6 Å². The summed E-state index contributed by atoms with van der Waals surface area (Å²) in [7, 11) is 0. The molecule has 4 heteroatoms. The molecule has 0 radical (unpaired) electrons. The van der Waals surface area contributed by atoms with Gasteiger partial charge in [0, 0.05) is 0 Å². The van der Waals surface area contributed by atoms with Gasteiger partial charge in [-0.15, -0.1) is 0 Å². The van der Waals surface area contributed by atoms with E-state index in [0.717, 1.165) is 6.92 Å². The van der Waals surface area contributed by atoms with Gasteiger partial charge in [0.05, 0.1) is 12.1 Å². The third kappa shape index (κ3) is 6.43. The number of hydrogen-bond donors (Lipinski definition) is 1. The van der Waals surface area contributed by atoms with Crippen LogP contribution in [0.4, 0.5) is 0 Å². The monoisotopic (exact) mass is 115 g/mol. The molecule has 0 saturated carbocycles. The molecule has 0 aliphatic carbocycles. The first kappa shape index (κ1) is 10.4. The Morgan fingerprint density at radius 1 is 1.86 bits per heavy atom. The number of aliphatic carboxylic acids is 1. The summed E-state index contributed by atoms with van der Waals surface area (Å²) in [6, 6.07) is 0. The first-order valence-corrected chi connectivity index (χ1v) is 1.53. The summed E-state index contributed by atoms with van der Waals surface area (Å²) in [6.07, 6.45) is -1.34. The average Bonchev–Trinajstić information content (AvgIpc) is 1.36. The fraction of sp³-hybridized carbons (Fsp3) is 0.667. The molecule has 3 nitrogen and oxygen atoms in total. The number of rotatable bonds is 1. The summed E-state index contributed by atoms with van der Waals surface area (Å²) in [5.41, 5.74) is 0. The van der Waals surface area contributed by atoms with Crippen LogP contribution in [0.15, 0.2) is 0 Å². The summed E-state index contributed by atoms with van der Waals surface area (Å²) in [5.74, 6) is -1.44. The van der Waals surface area contributed by atoms with E-state index in [9.17, 15) is 9.90 Å². The number of aliphatic hydroxyl groups is 1. The van der Waals surface area contributed by atoms with Gasteiger partial charge in [-0.25, -0.2) is 0 Å². The smallest absolute Gasteiger partial charge is 0.547 e. The van der Waals surface area contributed by atoms with Crippen molar-refractivity contribution >= 4 is 5.97 Å². The van der Waals surface area contributed by atoms with E-state index in [1.54, 1.807) is 0 Å². The fourth-order valence-corrected chi connectivity index (χ4v) is 0. The van der Waals surface area contributed by atoms with Gasteiger partial charge in [-0.2, -0.15) is 0 Å². The predicted octanol–water partition coefficient (Wildman–Crippen LogP) is -4.88. The van der Waals surface area contributed by atoms with Gasteiger partial charge in [-0.3, -0.25) is 0 Å². The van der Waals surface area contributed by atoms with Crippen molar-refractivity contribution in [3.05, 3.63) is 0 Å². The van der Waals surface area contributed by atoms with Crippen molar-refractivity contribution < 1.29 is 44.6 Å². The summed E-state index contributed by atoms with van der Waals surface area (Å²) in [5, 5.41) is 17.3. The van der Waals surface area contributed by atoms with Crippen LogP contribution in [0.25, 0.3) is 0 Å². The van der Waals surface area contributed by atoms with E-state index in [1.807, 2.05) is 0 Å². The van der Waals surface area contributed by atoms with Gasteiger partial charge in [0.25, 0.3) is 0 Å². The summed E-state index contributed by atoms with van der Waals surface area (Å²) < 4.78 is 0. The van der Waals surface area contributed by atoms with Gasteiger partial charge < -0.3 is 15.0 Å². The minimum Gasteiger partial charge on any atom is -0.547 e. The molecule has 0 unspecified atom stereocenters. The van der Waals surface area contributed by atoms with Gasteiger partial charge in [0.1, 0.15) is 0 Å². The second-order valence-electron chi connectivity index (χ2n) is 0.995. The largest absolute Gasteiger partial charge is 1.00 e. The van der Waals surface area contributed by atoms with Gasteiger partial charge in [-0.05, 0) is 6.92 Å². The Labute approximate surface area is 63.6 Å². The van der Waals surface area contributed by atoms with Crippen LogP contribution >= 0.6 is 0 Å². The number of carboxylic acids is 1. The maximum absolute atomic E-state index is 9.34. The summed E-state index contributed by atoms with van der Waals surface area (Å²) in [6.45, 7) is 1.13. The Morgan fingerprint density at radius 3 is 2.00 bits per heavy atom. The van der Waals surface area contributed by atoms with E-state index in [1.165, 1.54) is 0 Å². The Balaban J connectivity index is 0. The standard InChI is InChI=1S/C3H6O3.Na/c1-2(4)3(5)6;/h2,4H,1H3,(H,5,6);/q;+1/p-1/t2-;/m1./s1/i1+1,2+1,3+1;. The molecule has 0 aliphatic heterocycles. The maximum Gasteiger partial charge on any atom is 1.00 e. The zero-order valence-electron chi connectivity index (χ0n) is 4.34. The molecule has 0 spiro atoms. The van der Waals surface area contributed by atoms with Crippen molar-refractivity contribution in [1.29, 1.82) is 0 Å². The molecule has 0 fully saturated rings. The van der Waals surface area contributed by atoms with Crippen LogP contribution in [-0.2, 0) is 4.79 Å². The zero-order valence-corrected chi connectivity index (χ0v) is 6.34. The molecule has 0 bridgehead atoms. The molecule has 7 heavy (non-hydrogen) atoms. The Morgan fingerprint density at radius 2 is 2.00 bits per heavy atom. The molecular weight excluding hydrogens is 110 g/mol. The first-order valence-electron chi connectivity index (χ1n) is 1.53. The summed E-state index contributed by atoms with van der Waals surface area (Å²) in [4.78, 5) is 9.34. The molecule has 0 aromatic carbocycles. The second-order valence-corrected chi connectivity index (χ2v) is 0.995. The van der Waals surface area contributed by atoms with E-state index in [4.69, 9.17) is 5.11 Å². The zero-order chi connectivity index (χ0) is 5.15. The number of hydrogen-bond acceptors (Lipinski definition) is 3. The molecule has 0 amide bonds. The molecule has 0 aromatic heterocycles. The van der Waals surface area contributed by atoms with Gasteiger partial charge >= 0.3 is 29.6 Å². The van der Waals surface area contributed by atoms with Crippen LogP contribution in [0.2, 0.25) is 0 Å². The van der Waals surface area contributed by atoms with Gasteiger partial charge in [-0.1, -0.05) is 0 Å². The molecule has 1 N–H and O–H groups in total. The average molecular weight is 115 g/mol.